The average molecular weight is 367 g/mol. The largest absolute Gasteiger partial charge is 0.454 e. The summed E-state index contributed by atoms with van der Waals surface area (Å²) < 4.78 is 11.5. The second-order valence-corrected chi connectivity index (χ2v) is 5.28. The van der Waals surface area contributed by atoms with Crippen LogP contribution in [0.15, 0.2) is 42.5 Å². The highest BCUT2D eigenvalue weighted by Gasteiger charge is 2.16. The minimum Gasteiger partial charge on any atom is -0.454 e. The molecule has 0 radical (unpaired) electrons. The Balaban J connectivity index is 1.81. The lowest BCUT2D eigenvalue weighted by molar-refractivity contribution is 0.102. The number of carbonyl (C=O) groups is 1. The molecule has 1 amide bonds. The van der Waals surface area contributed by atoms with Gasteiger partial charge in [0.05, 0.1) is 0 Å². The highest BCUT2D eigenvalue weighted by atomic mass is 127. The van der Waals surface area contributed by atoms with Gasteiger partial charge in [-0.15, -0.1) is 0 Å². The van der Waals surface area contributed by atoms with Gasteiger partial charge in [0.15, 0.2) is 11.5 Å². The number of amides is 1. The zero-order chi connectivity index (χ0) is 13.2. The van der Waals surface area contributed by atoms with Crippen molar-refractivity contribution < 1.29 is 14.3 Å². The van der Waals surface area contributed by atoms with E-state index < -0.39 is 0 Å². The van der Waals surface area contributed by atoms with Crippen LogP contribution >= 0.6 is 22.6 Å². The monoisotopic (exact) mass is 367 g/mol. The molecule has 3 rings (SSSR count). The first kappa shape index (κ1) is 12.3. The lowest BCUT2D eigenvalue weighted by Gasteiger charge is -2.06. The van der Waals surface area contributed by atoms with Gasteiger partial charge in [-0.05, 0) is 59.0 Å². The molecule has 0 saturated carbocycles. The molecule has 19 heavy (non-hydrogen) atoms. The summed E-state index contributed by atoms with van der Waals surface area (Å²) in [5.41, 5.74) is 1.32. The molecule has 0 unspecified atom stereocenters. The molecule has 0 aromatic heterocycles. The van der Waals surface area contributed by atoms with Gasteiger partial charge in [0.1, 0.15) is 0 Å². The number of carbonyl (C=O) groups excluding carboxylic acids is 1. The molecule has 0 atom stereocenters. The lowest BCUT2D eigenvalue weighted by Crippen LogP contribution is -2.11. The molecule has 1 N–H and O–H groups in total. The molecular weight excluding hydrogens is 357 g/mol. The highest BCUT2D eigenvalue weighted by Crippen LogP contribution is 2.32. The number of rotatable bonds is 2. The molecule has 1 aliphatic heterocycles. The van der Waals surface area contributed by atoms with Crippen molar-refractivity contribution in [1.29, 1.82) is 0 Å². The van der Waals surface area contributed by atoms with Crippen molar-refractivity contribution in [2.45, 2.75) is 0 Å². The molecule has 2 aromatic rings. The Morgan fingerprint density at radius 3 is 2.79 bits per heavy atom. The van der Waals surface area contributed by atoms with E-state index in [-0.39, 0.29) is 12.7 Å². The summed E-state index contributed by atoms with van der Waals surface area (Å²) in [6.07, 6.45) is 0. The Bertz CT molecular complexity index is 642. The fourth-order valence-corrected chi connectivity index (χ4v) is 2.35. The van der Waals surface area contributed by atoms with Gasteiger partial charge >= 0.3 is 0 Å². The van der Waals surface area contributed by atoms with Crippen LogP contribution < -0.4 is 14.8 Å². The number of halogens is 1. The summed E-state index contributed by atoms with van der Waals surface area (Å²) in [6.45, 7) is 0.206. The third-order valence-corrected chi connectivity index (χ3v) is 3.39. The maximum Gasteiger partial charge on any atom is 0.255 e. The number of benzene rings is 2. The number of hydrogen-bond acceptors (Lipinski definition) is 3. The second-order valence-electron chi connectivity index (χ2n) is 4.03. The topological polar surface area (TPSA) is 47.6 Å². The molecule has 0 fully saturated rings. The van der Waals surface area contributed by atoms with Gasteiger partial charge in [0, 0.05) is 14.8 Å². The molecule has 96 valence electrons. The van der Waals surface area contributed by atoms with Crippen LogP contribution in [-0.2, 0) is 0 Å². The minimum atomic E-state index is -0.166. The Hall–Kier alpha value is -1.76. The number of anilines is 1. The third-order valence-electron chi connectivity index (χ3n) is 2.72. The quantitative estimate of drug-likeness (QED) is 0.829. The van der Waals surface area contributed by atoms with Gasteiger partial charge in [-0.25, -0.2) is 0 Å². The summed E-state index contributed by atoms with van der Waals surface area (Å²) in [4.78, 5) is 12.1. The van der Waals surface area contributed by atoms with Crippen LogP contribution in [0.5, 0.6) is 11.5 Å². The zero-order valence-corrected chi connectivity index (χ0v) is 12.0. The van der Waals surface area contributed by atoms with Crippen molar-refractivity contribution in [3.63, 3.8) is 0 Å². The van der Waals surface area contributed by atoms with Gasteiger partial charge in [0.2, 0.25) is 6.79 Å². The minimum absolute atomic E-state index is 0.166. The van der Waals surface area contributed by atoms with Crippen molar-refractivity contribution in [3.8, 4) is 11.5 Å². The first-order valence-electron chi connectivity index (χ1n) is 5.69. The fraction of sp³-hybridized carbons (Fsp3) is 0.0714. The second kappa shape index (κ2) is 5.08. The molecular formula is C14H10INO3. The van der Waals surface area contributed by atoms with Crippen LogP contribution in [0.2, 0.25) is 0 Å². The molecule has 0 bridgehead atoms. The van der Waals surface area contributed by atoms with Crippen molar-refractivity contribution in [1.82, 2.24) is 0 Å². The first-order valence-corrected chi connectivity index (χ1v) is 6.77. The van der Waals surface area contributed by atoms with Gasteiger partial charge in [-0.1, -0.05) is 6.07 Å². The normalized spacial score (nSPS) is 12.3. The van der Waals surface area contributed by atoms with Crippen LogP contribution in [0.3, 0.4) is 0 Å². The standard InChI is InChI=1S/C14H10INO3/c15-10-2-1-3-11(7-10)16-14(17)9-4-5-12-13(6-9)19-8-18-12/h1-7H,8H2,(H,16,17). The van der Waals surface area contributed by atoms with Gasteiger partial charge in [-0.3, -0.25) is 4.79 Å². The summed E-state index contributed by atoms with van der Waals surface area (Å²) in [6, 6.07) is 12.8. The predicted molar refractivity (Wildman–Crippen MR) is 79.7 cm³/mol. The molecule has 1 aliphatic rings. The maximum atomic E-state index is 12.1. The van der Waals surface area contributed by atoms with E-state index in [1.165, 1.54) is 0 Å². The molecule has 0 saturated heterocycles. The zero-order valence-electron chi connectivity index (χ0n) is 9.85. The Kier molecular flexibility index (Phi) is 3.29. The molecule has 2 aromatic carbocycles. The number of ether oxygens (including phenoxy) is 2. The van der Waals surface area contributed by atoms with Gasteiger partial charge < -0.3 is 14.8 Å². The van der Waals surface area contributed by atoms with E-state index in [0.717, 1.165) is 9.26 Å². The summed E-state index contributed by atoms with van der Waals surface area (Å²) in [5.74, 6) is 1.11. The number of nitrogens with one attached hydrogen (secondary N) is 1. The van der Waals surface area contributed by atoms with E-state index in [0.29, 0.717) is 17.1 Å². The van der Waals surface area contributed by atoms with Crippen LogP contribution in [0, 0.1) is 3.57 Å². The molecule has 4 nitrogen and oxygen atoms in total. The lowest BCUT2D eigenvalue weighted by atomic mass is 10.2. The van der Waals surface area contributed by atoms with E-state index in [4.69, 9.17) is 9.47 Å². The third kappa shape index (κ3) is 2.65. The van der Waals surface area contributed by atoms with E-state index in [2.05, 4.69) is 27.9 Å². The fourth-order valence-electron chi connectivity index (χ4n) is 1.81. The predicted octanol–water partition coefficient (Wildman–Crippen LogP) is 3.27. The van der Waals surface area contributed by atoms with Crippen molar-refractivity contribution >= 4 is 34.2 Å². The smallest absolute Gasteiger partial charge is 0.255 e. The van der Waals surface area contributed by atoms with E-state index in [1.807, 2.05) is 24.3 Å². The van der Waals surface area contributed by atoms with E-state index >= 15 is 0 Å². The Labute approximate surface area is 123 Å². The molecule has 0 spiro atoms. The maximum absolute atomic E-state index is 12.1. The molecule has 5 heteroatoms. The Morgan fingerprint density at radius 1 is 1.11 bits per heavy atom. The van der Waals surface area contributed by atoms with Crippen LogP contribution in [0.25, 0.3) is 0 Å². The number of fused-ring (bicyclic) bond motifs is 1. The summed E-state index contributed by atoms with van der Waals surface area (Å²) in [7, 11) is 0. The van der Waals surface area contributed by atoms with E-state index in [9.17, 15) is 4.79 Å². The van der Waals surface area contributed by atoms with E-state index in [1.54, 1.807) is 18.2 Å². The average Bonchev–Trinajstić information content (AvgIpc) is 2.85. The molecule has 1 heterocycles. The van der Waals surface area contributed by atoms with Gasteiger partial charge in [-0.2, -0.15) is 0 Å². The summed E-state index contributed by atoms with van der Waals surface area (Å²) >= 11 is 2.20. The Morgan fingerprint density at radius 2 is 1.95 bits per heavy atom. The van der Waals surface area contributed by atoms with Crippen LogP contribution in [0.1, 0.15) is 10.4 Å². The van der Waals surface area contributed by atoms with Crippen LogP contribution in [0.4, 0.5) is 5.69 Å². The highest BCUT2D eigenvalue weighted by molar-refractivity contribution is 14.1. The summed E-state index contributed by atoms with van der Waals surface area (Å²) in [5, 5.41) is 2.85. The first-order chi connectivity index (χ1) is 9.22. The van der Waals surface area contributed by atoms with Crippen molar-refractivity contribution in [2.75, 3.05) is 12.1 Å². The number of hydrogen-bond donors (Lipinski definition) is 1. The van der Waals surface area contributed by atoms with Crippen molar-refractivity contribution in [2.24, 2.45) is 0 Å². The van der Waals surface area contributed by atoms with Crippen LogP contribution in [-0.4, -0.2) is 12.7 Å². The SMILES string of the molecule is O=C(Nc1cccc(I)c1)c1ccc2c(c1)OCO2. The van der Waals surface area contributed by atoms with Crippen molar-refractivity contribution in [3.05, 3.63) is 51.6 Å². The molecule has 0 aliphatic carbocycles. The van der Waals surface area contributed by atoms with Gasteiger partial charge in [0.25, 0.3) is 5.91 Å².